The number of carbonyl (C=O) groups excluding carboxylic acids is 1. The highest BCUT2D eigenvalue weighted by Crippen LogP contribution is 2.24. The van der Waals surface area contributed by atoms with Gasteiger partial charge in [0.15, 0.2) is 0 Å². The van der Waals surface area contributed by atoms with Gasteiger partial charge in [-0.1, -0.05) is 50.6 Å². The first-order chi connectivity index (χ1) is 9.36. The highest BCUT2D eigenvalue weighted by molar-refractivity contribution is 6.04. The van der Waals surface area contributed by atoms with Gasteiger partial charge in [-0.2, -0.15) is 0 Å². The van der Waals surface area contributed by atoms with E-state index in [4.69, 9.17) is 0 Å². The van der Waals surface area contributed by atoms with E-state index in [9.17, 15) is 4.79 Å². The van der Waals surface area contributed by atoms with Gasteiger partial charge < -0.3 is 5.32 Å². The normalized spacial score (nSPS) is 11.2. The molecule has 0 heterocycles. The lowest BCUT2D eigenvalue weighted by molar-refractivity contribution is 0.102. The molecule has 2 heteroatoms. The van der Waals surface area contributed by atoms with Gasteiger partial charge in [-0.3, -0.25) is 4.79 Å². The van der Waals surface area contributed by atoms with Gasteiger partial charge in [-0.25, -0.2) is 0 Å². The van der Waals surface area contributed by atoms with Crippen molar-refractivity contribution in [1.29, 1.82) is 0 Å². The minimum atomic E-state index is -0.0731. The summed E-state index contributed by atoms with van der Waals surface area (Å²) in [6, 6.07) is 15.6. The molecule has 0 saturated carbocycles. The summed E-state index contributed by atoms with van der Waals surface area (Å²) in [6.45, 7) is 8.49. The second-order valence-corrected chi connectivity index (χ2v) is 6.15. The van der Waals surface area contributed by atoms with Crippen molar-refractivity contribution in [2.45, 2.75) is 33.1 Å². The highest BCUT2D eigenvalue weighted by atomic mass is 16.1. The van der Waals surface area contributed by atoms with Crippen LogP contribution in [0.15, 0.2) is 48.5 Å². The van der Waals surface area contributed by atoms with E-state index in [-0.39, 0.29) is 11.3 Å². The number of benzene rings is 2. The fourth-order valence-corrected chi connectivity index (χ4v) is 1.97. The molecule has 0 radical (unpaired) electrons. The zero-order chi connectivity index (χ0) is 14.8. The molecule has 1 amide bonds. The maximum atomic E-state index is 12.2. The average Bonchev–Trinajstić information content (AvgIpc) is 2.38. The van der Waals surface area contributed by atoms with E-state index >= 15 is 0 Å². The number of anilines is 1. The largest absolute Gasteiger partial charge is 0.322 e. The number of hydrogen-bond donors (Lipinski definition) is 1. The van der Waals surface area contributed by atoms with Crippen LogP contribution in [0.25, 0.3) is 0 Å². The molecule has 1 N–H and O–H groups in total. The van der Waals surface area contributed by atoms with Crippen LogP contribution in [0, 0.1) is 6.92 Å². The van der Waals surface area contributed by atoms with E-state index in [2.05, 4.69) is 32.2 Å². The summed E-state index contributed by atoms with van der Waals surface area (Å²) < 4.78 is 0. The Morgan fingerprint density at radius 2 is 1.65 bits per heavy atom. The fourth-order valence-electron chi connectivity index (χ4n) is 1.97. The van der Waals surface area contributed by atoms with Crippen LogP contribution in [-0.4, -0.2) is 5.91 Å². The minimum absolute atomic E-state index is 0.0731. The number of nitrogens with one attached hydrogen (secondary N) is 1. The summed E-state index contributed by atoms with van der Waals surface area (Å²) in [6.07, 6.45) is 0. The Bertz CT molecular complexity index is 606. The first-order valence-corrected chi connectivity index (χ1v) is 6.85. The predicted octanol–water partition coefficient (Wildman–Crippen LogP) is 4.54. The summed E-state index contributed by atoms with van der Waals surface area (Å²) in [7, 11) is 0. The van der Waals surface area contributed by atoms with Crippen molar-refractivity contribution >= 4 is 11.6 Å². The van der Waals surface area contributed by atoms with Gasteiger partial charge in [0.2, 0.25) is 0 Å². The third-order valence-corrected chi connectivity index (χ3v) is 3.30. The van der Waals surface area contributed by atoms with Gasteiger partial charge >= 0.3 is 0 Å². The number of hydrogen-bond acceptors (Lipinski definition) is 1. The van der Waals surface area contributed by atoms with Gasteiger partial charge in [0.1, 0.15) is 0 Å². The van der Waals surface area contributed by atoms with Gasteiger partial charge in [0.25, 0.3) is 5.91 Å². The molecule has 2 rings (SSSR count). The summed E-state index contributed by atoms with van der Waals surface area (Å²) in [5, 5.41) is 2.95. The second-order valence-electron chi connectivity index (χ2n) is 6.15. The summed E-state index contributed by atoms with van der Waals surface area (Å²) in [5.74, 6) is -0.0731. The summed E-state index contributed by atoms with van der Waals surface area (Å²) in [4.78, 5) is 12.2. The minimum Gasteiger partial charge on any atom is -0.322 e. The van der Waals surface area contributed by atoms with Gasteiger partial charge in [0.05, 0.1) is 0 Å². The predicted molar refractivity (Wildman–Crippen MR) is 84.3 cm³/mol. The molecule has 0 bridgehead atoms. The van der Waals surface area contributed by atoms with Gasteiger partial charge in [-0.05, 0) is 42.2 Å². The molecule has 0 aromatic heterocycles. The lowest BCUT2D eigenvalue weighted by Crippen LogP contribution is -2.14. The van der Waals surface area contributed by atoms with Crippen LogP contribution in [0.4, 0.5) is 5.69 Å². The van der Waals surface area contributed by atoms with Crippen LogP contribution >= 0.6 is 0 Å². The Kier molecular flexibility index (Phi) is 3.93. The van der Waals surface area contributed by atoms with Gasteiger partial charge in [0, 0.05) is 11.3 Å². The Morgan fingerprint density at radius 1 is 1.00 bits per heavy atom. The molecular weight excluding hydrogens is 246 g/mol. The van der Waals surface area contributed by atoms with E-state index in [0.717, 1.165) is 11.3 Å². The van der Waals surface area contributed by atoms with E-state index in [1.165, 1.54) is 5.56 Å². The Labute approximate surface area is 120 Å². The smallest absolute Gasteiger partial charge is 0.255 e. The summed E-state index contributed by atoms with van der Waals surface area (Å²) >= 11 is 0. The van der Waals surface area contributed by atoms with Crippen molar-refractivity contribution in [2.75, 3.05) is 5.32 Å². The number of amides is 1. The molecule has 0 aliphatic heterocycles. The van der Waals surface area contributed by atoms with E-state index < -0.39 is 0 Å². The van der Waals surface area contributed by atoms with Crippen molar-refractivity contribution in [3.63, 3.8) is 0 Å². The maximum absolute atomic E-state index is 12.2. The number of aryl methyl sites for hydroxylation is 1. The lowest BCUT2D eigenvalue weighted by Gasteiger charge is -2.19. The van der Waals surface area contributed by atoms with Crippen molar-refractivity contribution < 1.29 is 4.79 Å². The van der Waals surface area contributed by atoms with Crippen LogP contribution in [0.3, 0.4) is 0 Å². The molecule has 0 aliphatic carbocycles. The first kappa shape index (κ1) is 14.3. The van der Waals surface area contributed by atoms with Crippen molar-refractivity contribution in [1.82, 2.24) is 0 Å². The van der Waals surface area contributed by atoms with Crippen molar-refractivity contribution in [3.05, 3.63) is 65.2 Å². The maximum Gasteiger partial charge on any atom is 0.255 e. The third kappa shape index (κ3) is 3.47. The molecule has 2 nitrogen and oxygen atoms in total. The fraction of sp³-hybridized carbons (Fsp3) is 0.278. The second kappa shape index (κ2) is 5.49. The van der Waals surface area contributed by atoms with E-state index in [1.54, 1.807) is 0 Å². The van der Waals surface area contributed by atoms with Crippen molar-refractivity contribution in [3.8, 4) is 0 Å². The molecule has 104 valence electrons. The summed E-state index contributed by atoms with van der Waals surface area (Å²) in [5.41, 5.74) is 3.94. The Balaban J connectivity index is 2.18. The number of rotatable bonds is 2. The Hall–Kier alpha value is -2.09. The van der Waals surface area contributed by atoms with Crippen LogP contribution in [0.1, 0.15) is 42.3 Å². The molecule has 0 aliphatic rings. The quantitative estimate of drug-likeness (QED) is 0.850. The zero-order valence-corrected chi connectivity index (χ0v) is 12.5. The van der Waals surface area contributed by atoms with Crippen LogP contribution in [0.2, 0.25) is 0 Å². The van der Waals surface area contributed by atoms with Crippen LogP contribution < -0.4 is 5.32 Å². The average molecular weight is 267 g/mol. The molecule has 0 saturated heterocycles. The molecule has 0 spiro atoms. The molecule has 2 aromatic rings. The molecule has 2 aromatic carbocycles. The monoisotopic (exact) mass is 267 g/mol. The van der Waals surface area contributed by atoms with Crippen LogP contribution in [-0.2, 0) is 5.41 Å². The highest BCUT2D eigenvalue weighted by Gasteiger charge is 2.14. The Morgan fingerprint density at radius 3 is 2.25 bits per heavy atom. The zero-order valence-electron chi connectivity index (χ0n) is 12.5. The molecule has 20 heavy (non-hydrogen) atoms. The third-order valence-electron chi connectivity index (χ3n) is 3.30. The molecule has 0 fully saturated rings. The first-order valence-electron chi connectivity index (χ1n) is 6.85. The molecule has 0 atom stereocenters. The SMILES string of the molecule is Cc1ccc(C(=O)Nc2cccc(C(C)(C)C)c2)cc1. The molecular formula is C18H21NO. The topological polar surface area (TPSA) is 29.1 Å². The standard InChI is InChI=1S/C18H21NO/c1-13-8-10-14(11-9-13)17(20)19-16-7-5-6-15(12-16)18(2,3)4/h5-12H,1-4H3,(H,19,20). The molecule has 0 unspecified atom stereocenters. The van der Waals surface area contributed by atoms with Crippen molar-refractivity contribution in [2.24, 2.45) is 0 Å². The van der Waals surface area contributed by atoms with E-state index in [1.807, 2.05) is 49.4 Å². The lowest BCUT2D eigenvalue weighted by atomic mass is 9.87. The van der Waals surface area contributed by atoms with Crippen LogP contribution in [0.5, 0.6) is 0 Å². The van der Waals surface area contributed by atoms with E-state index in [0.29, 0.717) is 5.56 Å². The number of carbonyl (C=O) groups is 1. The van der Waals surface area contributed by atoms with Gasteiger partial charge in [-0.15, -0.1) is 0 Å².